The largest absolute Gasteiger partial charge is 0.478 e. The molecule has 0 aromatic rings. The molecule has 1 atom stereocenters. The topological polar surface area (TPSA) is 65.0 Å². The van der Waals surface area contributed by atoms with E-state index in [4.69, 9.17) is 19.3 Å². The molecule has 0 aromatic heterocycles. The van der Waals surface area contributed by atoms with E-state index in [2.05, 4.69) is 0 Å². The summed E-state index contributed by atoms with van der Waals surface area (Å²) >= 11 is 0. The first-order valence-electron chi connectivity index (χ1n) is 6.09. The van der Waals surface area contributed by atoms with Gasteiger partial charge in [-0.05, 0) is 12.3 Å². The smallest absolute Gasteiger partial charge is 0.327 e. The number of ether oxygens (including phenoxy) is 3. The first kappa shape index (κ1) is 17.1. The Morgan fingerprint density at radius 2 is 1.78 bits per heavy atom. The molecule has 0 rings (SSSR count). The van der Waals surface area contributed by atoms with Crippen molar-refractivity contribution in [2.45, 2.75) is 13.8 Å². The van der Waals surface area contributed by atoms with Gasteiger partial charge in [0.15, 0.2) is 0 Å². The molecule has 0 aliphatic rings. The second-order valence-corrected chi connectivity index (χ2v) is 3.85. The summed E-state index contributed by atoms with van der Waals surface area (Å²) in [6.45, 7) is 7.15. The number of carbonyl (C=O) groups is 1. The zero-order valence-electron chi connectivity index (χ0n) is 11.1. The van der Waals surface area contributed by atoms with Crippen LogP contribution in [-0.2, 0) is 19.0 Å². The maximum atomic E-state index is 10.3. The fraction of sp³-hybridized carbons (Fsp3) is 0.692. The van der Waals surface area contributed by atoms with Crippen LogP contribution >= 0.6 is 0 Å². The summed E-state index contributed by atoms with van der Waals surface area (Å²) in [6.07, 6.45) is 4.68. The van der Waals surface area contributed by atoms with Crippen molar-refractivity contribution in [2.24, 2.45) is 5.92 Å². The first-order chi connectivity index (χ1) is 8.66. The summed E-state index contributed by atoms with van der Waals surface area (Å²) in [5, 5.41) is 8.43. The van der Waals surface area contributed by atoms with Gasteiger partial charge >= 0.3 is 5.97 Å². The maximum absolute atomic E-state index is 10.3. The second kappa shape index (κ2) is 12.5. The number of carboxylic acid groups (broad SMARTS) is 1. The van der Waals surface area contributed by atoms with Crippen molar-refractivity contribution < 1.29 is 24.1 Å². The van der Waals surface area contributed by atoms with Crippen molar-refractivity contribution in [3.63, 3.8) is 0 Å². The van der Waals surface area contributed by atoms with Crippen molar-refractivity contribution in [1.82, 2.24) is 0 Å². The minimum absolute atomic E-state index is 0.0875. The summed E-state index contributed by atoms with van der Waals surface area (Å²) in [7, 11) is 0. The molecule has 0 heterocycles. The molecule has 18 heavy (non-hydrogen) atoms. The monoisotopic (exact) mass is 259 g/mol. The quantitative estimate of drug-likeness (QED) is 0.425. The Morgan fingerprint density at radius 1 is 1.17 bits per heavy atom. The highest BCUT2D eigenvalue weighted by Crippen LogP contribution is 1.97. The number of rotatable bonds is 12. The maximum Gasteiger partial charge on any atom is 0.327 e. The molecule has 105 valence electrons. The summed E-state index contributed by atoms with van der Waals surface area (Å²) in [5.74, 6) is -0.848. The predicted octanol–water partition coefficient (Wildman–Crippen LogP) is 1.54. The van der Waals surface area contributed by atoms with Crippen LogP contribution in [0.5, 0.6) is 0 Å². The Kier molecular flexibility index (Phi) is 11.9. The van der Waals surface area contributed by atoms with Gasteiger partial charge in [0.2, 0.25) is 0 Å². The van der Waals surface area contributed by atoms with E-state index in [0.717, 1.165) is 6.08 Å². The van der Waals surface area contributed by atoms with E-state index >= 15 is 0 Å². The average Bonchev–Trinajstić information content (AvgIpc) is 2.34. The molecule has 0 fully saturated rings. The Labute approximate surface area is 109 Å². The van der Waals surface area contributed by atoms with Crippen LogP contribution < -0.4 is 0 Å². The molecule has 5 nitrogen and oxygen atoms in total. The summed E-state index contributed by atoms with van der Waals surface area (Å²) in [6, 6.07) is 0. The van der Waals surface area contributed by atoms with E-state index < -0.39 is 5.97 Å². The van der Waals surface area contributed by atoms with Gasteiger partial charge in [-0.1, -0.05) is 19.9 Å². The van der Waals surface area contributed by atoms with E-state index in [1.54, 1.807) is 6.08 Å². The number of hydrogen-bond donors (Lipinski definition) is 1. The summed E-state index contributed by atoms with van der Waals surface area (Å²) in [4.78, 5) is 10.3. The standard InChI is InChI=1S/C13H23O5/c1-3-6-16-7-8-17-9-10-18-11-12(2)4-5-13(14)15/h3-5,12H,6-11H2,1-2H3,(H,14,15). The van der Waals surface area contributed by atoms with Crippen LogP contribution in [0.3, 0.4) is 0 Å². The molecule has 1 radical (unpaired) electrons. The summed E-state index contributed by atoms with van der Waals surface area (Å²) < 4.78 is 15.8. The van der Waals surface area contributed by atoms with Gasteiger partial charge in [-0.15, -0.1) is 0 Å². The van der Waals surface area contributed by atoms with Gasteiger partial charge in [-0.3, -0.25) is 0 Å². The van der Waals surface area contributed by atoms with E-state index in [9.17, 15) is 4.79 Å². The van der Waals surface area contributed by atoms with Crippen LogP contribution in [0.1, 0.15) is 13.8 Å². The fourth-order valence-corrected chi connectivity index (χ4v) is 1.11. The molecule has 1 N–H and O–H groups in total. The van der Waals surface area contributed by atoms with Crippen molar-refractivity contribution in [1.29, 1.82) is 0 Å². The highest BCUT2D eigenvalue weighted by Gasteiger charge is 1.98. The third-order valence-electron chi connectivity index (χ3n) is 1.98. The minimum Gasteiger partial charge on any atom is -0.478 e. The molecular weight excluding hydrogens is 236 g/mol. The molecule has 0 amide bonds. The zero-order chi connectivity index (χ0) is 13.6. The first-order valence-corrected chi connectivity index (χ1v) is 6.09. The lowest BCUT2D eigenvalue weighted by atomic mass is 10.2. The highest BCUT2D eigenvalue weighted by atomic mass is 16.5. The van der Waals surface area contributed by atoms with Gasteiger partial charge < -0.3 is 19.3 Å². The van der Waals surface area contributed by atoms with Crippen molar-refractivity contribution in [3.05, 3.63) is 18.6 Å². The molecule has 0 saturated carbocycles. The normalized spacial score (nSPS) is 13.0. The lowest BCUT2D eigenvalue weighted by Gasteiger charge is -2.08. The molecule has 0 bridgehead atoms. The van der Waals surface area contributed by atoms with Gasteiger partial charge in [0.1, 0.15) is 0 Å². The molecule has 1 unspecified atom stereocenters. The predicted molar refractivity (Wildman–Crippen MR) is 68.4 cm³/mol. The van der Waals surface area contributed by atoms with E-state index in [1.807, 2.05) is 20.3 Å². The van der Waals surface area contributed by atoms with E-state index in [-0.39, 0.29) is 5.92 Å². The molecule has 0 spiro atoms. The lowest BCUT2D eigenvalue weighted by Crippen LogP contribution is -2.12. The Hall–Kier alpha value is -0.910. The van der Waals surface area contributed by atoms with Gasteiger partial charge in [-0.25, -0.2) is 4.79 Å². The van der Waals surface area contributed by atoms with E-state index in [0.29, 0.717) is 39.6 Å². The van der Waals surface area contributed by atoms with Crippen LogP contribution in [0.2, 0.25) is 0 Å². The molecule has 0 saturated heterocycles. The number of carboxylic acids is 1. The van der Waals surface area contributed by atoms with E-state index in [1.165, 1.54) is 0 Å². The Bertz CT molecular complexity index is 227. The molecule has 5 heteroatoms. The zero-order valence-corrected chi connectivity index (χ0v) is 11.1. The third-order valence-corrected chi connectivity index (χ3v) is 1.98. The Balaban J connectivity index is 3.22. The second-order valence-electron chi connectivity index (χ2n) is 3.85. The molecular formula is C13H23O5. The van der Waals surface area contributed by atoms with Crippen molar-refractivity contribution in [2.75, 3.05) is 39.6 Å². The van der Waals surface area contributed by atoms with Crippen LogP contribution in [0.4, 0.5) is 0 Å². The summed E-state index contributed by atoms with van der Waals surface area (Å²) in [5.41, 5.74) is 0. The fourth-order valence-electron chi connectivity index (χ4n) is 1.11. The average molecular weight is 259 g/mol. The Morgan fingerprint density at radius 3 is 2.39 bits per heavy atom. The number of hydrogen-bond acceptors (Lipinski definition) is 4. The van der Waals surface area contributed by atoms with Crippen molar-refractivity contribution >= 4 is 5.97 Å². The molecule has 0 aliphatic carbocycles. The van der Waals surface area contributed by atoms with Gasteiger partial charge in [0, 0.05) is 12.7 Å². The van der Waals surface area contributed by atoms with Crippen LogP contribution in [-0.4, -0.2) is 50.7 Å². The lowest BCUT2D eigenvalue weighted by molar-refractivity contribution is -0.131. The van der Waals surface area contributed by atoms with Gasteiger partial charge in [-0.2, -0.15) is 0 Å². The van der Waals surface area contributed by atoms with Crippen LogP contribution in [0, 0.1) is 12.3 Å². The van der Waals surface area contributed by atoms with Gasteiger partial charge in [0.25, 0.3) is 0 Å². The number of aliphatic carboxylic acids is 1. The van der Waals surface area contributed by atoms with Crippen LogP contribution in [0.15, 0.2) is 12.2 Å². The molecule has 0 aromatic carbocycles. The SMILES string of the molecule is C[CH]COCCOCCOCC(C)C=CC(=O)O. The minimum atomic E-state index is -0.936. The highest BCUT2D eigenvalue weighted by molar-refractivity contribution is 5.79. The van der Waals surface area contributed by atoms with Gasteiger partial charge in [0.05, 0.1) is 33.0 Å². The molecule has 0 aliphatic heterocycles. The van der Waals surface area contributed by atoms with Crippen molar-refractivity contribution in [3.8, 4) is 0 Å². The third kappa shape index (κ3) is 13.2. The van der Waals surface area contributed by atoms with Crippen LogP contribution in [0.25, 0.3) is 0 Å².